The van der Waals surface area contributed by atoms with Crippen LogP contribution in [0.2, 0.25) is 5.02 Å². The van der Waals surface area contributed by atoms with Crippen molar-refractivity contribution >= 4 is 23.4 Å². The summed E-state index contributed by atoms with van der Waals surface area (Å²) in [6, 6.07) is 12.9. The zero-order valence-corrected chi connectivity index (χ0v) is 15.9. The molecule has 4 nitrogen and oxygen atoms in total. The summed E-state index contributed by atoms with van der Waals surface area (Å²) in [5.41, 5.74) is 0.696. The number of hydrogen-bond donors (Lipinski definition) is 1. The Hall–Kier alpha value is -2.40. The van der Waals surface area contributed by atoms with Crippen molar-refractivity contribution in [3.05, 3.63) is 70.5 Å². The van der Waals surface area contributed by atoms with Crippen LogP contribution in [-0.2, 0) is 11.3 Å². The van der Waals surface area contributed by atoms with E-state index in [1.54, 1.807) is 41.3 Å². The molecule has 1 fully saturated rings. The third kappa shape index (κ3) is 4.66. The third-order valence-electron chi connectivity index (χ3n) is 4.97. The van der Waals surface area contributed by atoms with E-state index >= 15 is 0 Å². The van der Waals surface area contributed by atoms with E-state index in [1.165, 1.54) is 12.1 Å². The van der Waals surface area contributed by atoms with Gasteiger partial charge in [-0.05, 0) is 55.7 Å². The summed E-state index contributed by atoms with van der Waals surface area (Å²) in [6.07, 6.45) is 1.47. The standard InChI is InChI=1S/C21H22ClFN2O2/c1-21(20(27)24-13-15-6-8-18(23)9-7-15)10-3-11-25(14-21)19(26)16-4-2-5-17(22)12-16/h2,4-9,12H,3,10-11,13-14H2,1H3,(H,24,27). The first-order valence-electron chi connectivity index (χ1n) is 8.95. The Morgan fingerprint density at radius 1 is 1.22 bits per heavy atom. The molecule has 0 saturated carbocycles. The van der Waals surface area contributed by atoms with Crippen LogP contribution in [0.5, 0.6) is 0 Å². The molecule has 1 unspecified atom stereocenters. The highest BCUT2D eigenvalue weighted by Gasteiger charge is 2.39. The molecule has 3 rings (SSSR count). The molecule has 2 amide bonds. The molecule has 0 aliphatic carbocycles. The van der Waals surface area contributed by atoms with Crippen molar-refractivity contribution in [1.82, 2.24) is 10.2 Å². The number of nitrogens with one attached hydrogen (secondary N) is 1. The maximum atomic E-state index is 13.0. The molecule has 0 aromatic heterocycles. The number of carbonyl (C=O) groups is 2. The van der Waals surface area contributed by atoms with Gasteiger partial charge >= 0.3 is 0 Å². The van der Waals surface area contributed by atoms with Gasteiger partial charge in [-0.15, -0.1) is 0 Å². The molecule has 142 valence electrons. The van der Waals surface area contributed by atoms with Gasteiger partial charge < -0.3 is 10.2 Å². The third-order valence-corrected chi connectivity index (χ3v) is 5.20. The van der Waals surface area contributed by atoms with E-state index in [2.05, 4.69) is 5.32 Å². The highest BCUT2D eigenvalue weighted by molar-refractivity contribution is 6.30. The summed E-state index contributed by atoms with van der Waals surface area (Å²) in [5.74, 6) is -0.523. The first-order chi connectivity index (χ1) is 12.9. The van der Waals surface area contributed by atoms with Gasteiger partial charge in [-0.25, -0.2) is 4.39 Å². The van der Waals surface area contributed by atoms with Gasteiger partial charge in [-0.3, -0.25) is 9.59 Å². The van der Waals surface area contributed by atoms with Crippen molar-refractivity contribution in [2.75, 3.05) is 13.1 Å². The average molecular weight is 389 g/mol. The molecule has 1 aliphatic heterocycles. The number of halogens is 2. The van der Waals surface area contributed by atoms with Gasteiger partial charge in [-0.2, -0.15) is 0 Å². The van der Waals surface area contributed by atoms with Gasteiger partial charge in [0.25, 0.3) is 5.91 Å². The van der Waals surface area contributed by atoms with Gasteiger partial charge in [0, 0.05) is 30.2 Å². The Labute approximate surface area is 163 Å². The van der Waals surface area contributed by atoms with Crippen LogP contribution >= 0.6 is 11.6 Å². The molecular formula is C21H22ClFN2O2. The van der Waals surface area contributed by atoms with Crippen molar-refractivity contribution in [3.63, 3.8) is 0 Å². The van der Waals surface area contributed by atoms with Crippen LogP contribution < -0.4 is 5.32 Å². The molecule has 2 aromatic rings. The first kappa shape index (κ1) is 19.4. The highest BCUT2D eigenvalue weighted by Crippen LogP contribution is 2.31. The van der Waals surface area contributed by atoms with E-state index in [0.717, 1.165) is 12.0 Å². The fourth-order valence-corrected chi connectivity index (χ4v) is 3.59. The number of rotatable bonds is 4. The molecule has 1 saturated heterocycles. The first-order valence-corrected chi connectivity index (χ1v) is 9.33. The summed E-state index contributed by atoms with van der Waals surface area (Å²) < 4.78 is 13.0. The van der Waals surface area contributed by atoms with Crippen LogP contribution in [-0.4, -0.2) is 29.8 Å². The lowest BCUT2D eigenvalue weighted by atomic mass is 9.80. The number of hydrogen-bond acceptors (Lipinski definition) is 2. The minimum atomic E-state index is -0.660. The van der Waals surface area contributed by atoms with E-state index in [0.29, 0.717) is 36.6 Å². The molecule has 1 aliphatic rings. The van der Waals surface area contributed by atoms with Crippen LogP contribution in [0.25, 0.3) is 0 Å². The maximum absolute atomic E-state index is 13.0. The topological polar surface area (TPSA) is 49.4 Å². The number of amides is 2. The van der Waals surface area contributed by atoms with Gasteiger partial charge in [0.1, 0.15) is 5.82 Å². The lowest BCUT2D eigenvalue weighted by Crippen LogP contribution is -2.51. The minimum absolute atomic E-state index is 0.101. The van der Waals surface area contributed by atoms with E-state index < -0.39 is 5.41 Å². The molecule has 27 heavy (non-hydrogen) atoms. The number of nitrogens with zero attached hydrogens (tertiary/aromatic N) is 1. The fraction of sp³-hybridized carbons (Fsp3) is 0.333. The zero-order chi connectivity index (χ0) is 19.4. The van der Waals surface area contributed by atoms with E-state index in [1.807, 2.05) is 6.92 Å². The largest absolute Gasteiger partial charge is 0.351 e. The lowest BCUT2D eigenvalue weighted by molar-refractivity contribution is -0.132. The number of likely N-dealkylation sites (tertiary alicyclic amines) is 1. The molecule has 1 atom stereocenters. The molecular weight excluding hydrogens is 367 g/mol. The van der Waals surface area contributed by atoms with Gasteiger partial charge in [0.2, 0.25) is 5.91 Å². The van der Waals surface area contributed by atoms with Crippen molar-refractivity contribution in [3.8, 4) is 0 Å². The molecule has 1 heterocycles. The van der Waals surface area contributed by atoms with Crippen molar-refractivity contribution in [2.45, 2.75) is 26.3 Å². The summed E-state index contributed by atoms with van der Waals surface area (Å²) >= 11 is 5.99. The highest BCUT2D eigenvalue weighted by atomic mass is 35.5. The Morgan fingerprint density at radius 2 is 1.96 bits per heavy atom. The second-order valence-corrected chi connectivity index (χ2v) is 7.65. The summed E-state index contributed by atoms with van der Waals surface area (Å²) in [7, 11) is 0. The normalized spacial score (nSPS) is 19.6. The van der Waals surface area contributed by atoms with E-state index in [9.17, 15) is 14.0 Å². The Morgan fingerprint density at radius 3 is 2.67 bits per heavy atom. The van der Waals surface area contributed by atoms with Crippen molar-refractivity contribution < 1.29 is 14.0 Å². The predicted octanol–water partition coefficient (Wildman–Crippen LogP) is 4.04. The van der Waals surface area contributed by atoms with Crippen LogP contribution in [0.3, 0.4) is 0 Å². The SMILES string of the molecule is CC1(C(=O)NCc2ccc(F)cc2)CCCN(C(=O)c2cccc(Cl)c2)C1. The van der Waals surface area contributed by atoms with Crippen molar-refractivity contribution in [2.24, 2.45) is 5.41 Å². The Kier molecular flexibility index (Phi) is 5.80. The molecule has 0 spiro atoms. The zero-order valence-electron chi connectivity index (χ0n) is 15.2. The molecule has 0 bridgehead atoms. The fourth-order valence-electron chi connectivity index (χ4n) is 3.40. The number of benzene rings is 2. The molecule has 2 aromatic carbocycles. The second-order valence-electron chi connectivity index (χ2n) is 7.21. The summed E-state index contributed by atoms with van der Waals surface area (Å²) in [6.45, 7) is 3.18. The van der Waals surface area contributed by atoms with Crippen LogP contribution in [0, 0.1) is 11.2 Å². The van der Waals surface area contributed by atoms with Crippen LogP contribution in [0.15, 0.2) is 48.5 Å². The smallest absolute Gasteiger partial charge is 0.253 e. The summed E-state index contributed by atoms with van der Waals surface area (Å²) in [4.78, 5) is 27.3. The van der Waals surface area contributed by atoms with Crippen LogP contribution in [0.4, 0.5) is 4.39 Å². The second kappa shape index (κ2) is 8.09. The van der Waals surface area contributed by atoms with E-state index in [4.69, 9.17) is 11.6 Å². The van der Waals surface area contributed by atoms with Gasteiger partial charge in [0.15, 0.2) is 0 Å². The monoisotopic (exact) mass is 388 g/mol. The molecule has 6 heteroatoms. The predicted molar refractivity (Wildman–Crippen MR) is 103 cm³/mol. The number of carbonyl (C=O) groups excluding carboxylic acids is 2. The van der Waals surface area contributed by atoms with Crippen LogP contribution in [0.1, 0.15) is 35.7 Å². The maximum Gasteiger partial charge on any atom is 0.253 e. The molecule has 1 N–H and O–H groups in total. The average Bonchev–Trinajstić information content (AvgIpc) is 2.66. The quantitative estimate of drug-likeness (QED) is 0.859. The minimum Gasteiger partial charge on any atom is -0.351 e. The lowest BCUT2D eigenvalue weighted by Gasteiger charge is -2.39. The van der Waals surface area contributed by atoms with Gasteiger partial charge in [-0.1, -0.05) is 29.8 Å². The Bertz CT molecular complexity index is 840. The van der Waals surface area contributed by atoms with E-state index in [-0.39, 0.29) is 17.6 Å². The van der Waals surface area contributed by atoms with Crippen molar-refractivity contribution in [1.29, 1.82) is 0 Å². The molecule has 0 radical (unpaired) electrons. The number of piperidine rings is 1. The Balaban J connectivity index is 1.65. The summed E-state index contributed by atoms with van der Waals surface area (Å²) in [5, 5.41) is 3.43. The van der Waals surface area contributed by atoms with Gasteiger partial charge in [0.05, 0.1) is 5.41 Å².